The lowest BCUT2D eigenvalue weighted by Crippen LogP contribution is -2.39. The van der Waals surface area contributed by atoms with E-state index in [1.807, 2.05) is 0 Å². The highest BCUT2D eigenvalue weighted by molar-refractivity contribution is 6.26. The summed E-state index contributed by atoms with van der Waals surface area (Å²) < 4.78 is 0. The number of hydrogen-bond donors (Lipinski definition) is 0. The van der Waals surface area contributed by atoms with Crippen LogP contribution in [0.4, 0.5) is 0 Å². The van der Waals surface area contributed by atoms with E-state index in [2.05, 4.69) is 179 Å². The largest absolute Gasteiger partial charge is 0.359 e. The van der Waals surface area contributed by atoms with Gasteiger partial charge in [-0.05, 0) is 135 Å². The molecule has 7 aromatic carbocycles. The van der Waals surface area contributed by atoms with Gasteiger partial charge in [-0.3, -0.25) is 0 Å². The van der Waals surface area contributed by atoms with Crippen molar-refractivity contribution in [1.82, 2.24) is 4.90 Å². The van der Waals surface area contributed by atoms with Crippen LogP contribution in [0, 0.1) is 13.8 Å². The first-order valence-electron chi connectivity index (χ1n) is 20.4. The fourth-order valence-electron chi connectivity index (χ4n) is 9.56. The topological polar surface area (TPSA) is 15.6 Å². The fraction of sp³-hybridized carbons (Fsp3) is 0.226. The van der Waals surface area contributed by atoms with Crippen molar-refractivity contribution < 1.29 is 0 Å². The third-order valence-electron chi connectivity index (χ3n) is 12.2. The molecule has 2 heteroatoms. The number of dihydropyridines is 1. The van der Waals surface area contributed by atoms with Gasteiger partial charge in [0.1, 0.15) is 0 Å². The van der Waals surface area contributed by atoms with Crippen molar-refractivity contribution in [1.29, 1.82) is 0 Å². The average Bonchev–Trinajstić information content (AvgIpc) is 3.22. The molecule has 2 heterocycles. The van der Waals surface area contributed by atoms with Crippen molar-refractivity contribution in [3.8, 4) is 0 Å². The maximum atomic E-state index is 5.65. The van der Waals surface area contributed by atoms with Crippen LogP contribution < -0.4 is 0 Å². The summed E-state index contributed by atoms with van der Waals surface area (Å²) in [5.74, 6) is 0.448. The van der Waals surface area contributed by atoms with Gasteiger partial charge in [-0.2, -0.15) is 0 Å². The van der Waals surface area contributed by atoms with E-state index in [-0.39, 0.29) is 6.04 Å². The Morgan fingerprint density at radius 2 is 1.27 bits per heavy atom. The molecule has 0 saturated carbocycles. The van der Waals surface area contributed by atoms with Gasteiger partial charge in [-0.1, -0.05) is 136 Å². The van der Waals surface area contributed by atoms with E-state index in [0.29, 0.717) is 5.92 Å². The lowest BCUT2D eigenvalue weighted by molar-refractivity contribution is 0.363. The number of benzene rings is 7. The first-order chi connectivity index (χ1) is 27.0. The highest BCUT2D eigenvalue weighted by Crippen LogP contribution is 2.46. The Morgan fingerprint density at radius 1 is 0.636 bits per heavy atom. The first-order valence-corrected chi connectivity index (χ1v) is 20.4. The molecular formula is C53H50N2. The molecule has 0 N–H and O–H groups in total. The molecule has 0 aromatic heterocycles. The average molecular weight is 715 g/mol. The Balaban J connectivity index is 1.38. The molecule has 7 aromatic rings. The molecule has 0 radical (unpaired) electrons. The Labute approximate surface area is 326 Å². The molecule has 0 fully saturated rings. The zero-order valence-corrected chi connectivity index (χ0v) is 32.9. The third kappa shape index (κ3) is 6.00. The predicted octanol–water partition coefficient (Wildman–Crippen LogP) is 14.1. The first kappa shape index (κ1) is 35.0. The minimum atomic E-state index is 0.0117. The van der Waals surface area contributed by atoms with Crippen molar-refractivity contribution in [2.24, 2.45) is 4.99 Å². The molecule has 2 nitrogen and oxygen atoms in total. The van der Waals surface area contributed by atoms with E-state index in [9.17, 15) is 0 Å². The number of rotatable bonds is 9. The smallest absolute Gasteiger partial charge is 0.0907 e. The zero-order valence-electron chi connectivity index (χ0n) is 32.9. The molecule has 0 amide bonds. The number of aryl methyl sites for hydroxylation is 2. The molecule has 2 atom stereocenters. The Kier molecular flexibility index (Phi) is 9.22. The lowest BCUT2D eigenvalue weighted by atomic mass is 9.81. The predicted molar refractivity (Wildman–Crippen MR) is 238 cm³/mol. The van der Waals surface area contributed by atoms with Crippen LogP contribution >= 0.6 is 0 Å². The molecule has 0 saturated heterocycles. The summed E-state index contributed by atoms with van der Waals surface area (Å²) in [5, 5.41) is 10.5. The second kappa shape index (κ2) is 14.5. The van der Waals surface area contributed by atoms with Crippen molar-refractivity contribution in [3.05, 3.63) is 179 Å². The van der Waals surface area contributed by atoms with Gasteiger partial charge in [-0.25, -0.2) is 4.99 Å². The van der Waals surface area contributed by atoms with E-state index < -0.39 is 0 Å². The third-order valence-corrected chi connectivity index (χ3v) is 12.2. The standard InChI is InChI=1S/C53H50N2/c1-6-16-36(8-3)44-31-46-42-23-13-11-21-40(42)41-22-12-14-24-43(41)47(46)32-48(44)51-33-45(39-26-25-37-19-9-10-20-38(37)30-39)53-50(55(51)29-7-2)28-27-49(54-53)52-34(4)17-15-18-35(52)5/h9-15,17-28,30-33,36,50H,6-8,16,29H2,1-5H3. The SMILES string of the molecule is CCCC(CC)c1cc2c3ccccc3c3ccccc3c2cc1C1=CC(c2ccc3ccccc3c2)=C2N=C(c3c(C)cccc3C)C=CC2N1CCC. The quantitative estimate of drug-likeness (QED) is 0.136. The number of aliphatic imine (C=N–C) groups is 1. The lowest BCUT2D eigenvalue weighted by Gasteiger charge is -2.41. The second-order valence-electron chi connectivity index (χ2n) is 15.6. The van der Waals surface area contributed by atoms with Gasteiger partial charge in [0.2, 0.25) is 0 Å². The molecule has 9 rings (SSSR count). The van der Waals surface area contributed by atoms with Crippen molar-refractivity contribution in [2.45, 2.75) is 72.3 Å². The van der Waals surface area contributed by atoms with Gasteiger partial charge < -0.3 is 4.90 Å². The van der Waals surface area contributed by atoms with E-state index in [1.54, 1.807) is 0 Å². The summed E-state index contributed by atoms with van der Waals surface area (Å²) in [7, 11) is 0. The maximum absolute atomic E-state index is 5.65. The molecule has 272 valence electrons. The minimum absolute atomic E-state index is 0.0117. The van der Waals surface area contributed by atoms with Crippen molar-refractivity contribution >= 4 is 60.1 Å². The van der Waals surface area contributed by atoms with E-state index in [4.69, 9.17) is 4.99 Å². The molecule has 2 aliphatic rings. The fourth-order valence-corrected chi connectivity index (χ4v) is 9.56. The molecule has 2 unspecified atom stereocenters. The molecule has 0 aliphatic carbocycles. The molecule has 2 aliphatic heterocycles. The second-order valence-corrected chi connectivity index (χ2v) is 15.6. The Morgan fingerprint density at radius 3 is 1.93 bits per heavy atom. The monoisotopic (exact) mass is 714 g/mol. The van der Waals surface area contributed by atoms with Gasteiger partial charge >= 0.3 is 0 Å². The van der Waals surface area contributed by atoms with E-state index in [1.165, 1.54) is 87.7 Å². The zero-order chi connectivity index (χ0) is 37.6. The minimum Gasteiger partial charge on any atom is -0.359 e. The molecular weight excluding hydrogens is 665 g/mol. The highest BCUT2D eigenvalue weighted by atomic mass is 15.2. The summed E-state index contributed by atoms with van der Waals surface area (Å²) in [4.78, 5) is 8.31. The maximum Gasteiger partial charge on any atom is 0.0907 e. The normalized spacial score (nSPS) is 16.2. The van der Waals surface area contributed by atoms with Crippen LogP contribution in [0.2, 0.25) is 0 Å². The molecule has 0 bridgehead atoms. The van der Waals surface area contributed by atoms with Crippen LogP contribution in [0.25, 0.3) is 54.4 Å². The van der Waals surface area contributed by atoms with E-state index >= 15 is 0 Å². The van der Waals surface area contributed by atoms with Gasteiger partial charge in [0.05, 0.1) is 17.5 Å². The van der Waals surface area contributed by atoms with Gasteiger partial charge in [-0.15, -0.1) is 0 Å². The van der Waals surface area contributed by atoms with Gasteiger partial charge in [0.15, 0.2) is 0 Å². The van der Waals surface area contributed by atoms with Gasteiger partial charge in [0.25, 0.3) is 0 Å². The molecule has 0 spiro atoms. The van der Waals surface area contributed by atoms with Crippen molar-refractivity contribution in [3.63, 3.8) is 0 Å². The van der Waals surface area contributed by atoms with Crippen LogP contribution in [0.15, 0.2) is 150 Å². The summed E-state index contributed by atoms with van der Waals surface area (Å²) in [6.45, 7) is 12.4. The van der Waals surface area contributed by atoms with Crippen LogP contribution in [0.3, 0.4) is 0 Å². The van der Waals surface area contributed by atoms with Crippen molar-refractivity contribution in [2.75, 3.05) is 6.54 Å². The summed E-state index contributed by atoms with van der Waals surface area (Å²) in [5.41, 5.74) is 12.5. The van der Waals surface area contributed by atoms with Crippen LogP contribution in [-0.4, -0.2) is 23.2 Å². The molecule has 55 heavy (non-hydrogen) atoms. The summed E-state index contributed by atoms with van der Waals surface area (Å²) in [6.07, 6.45) is 11.7. The highest BCUT2D eigenvalue weighted by Gasteiger charge is 2.34. The number of hydrogen-bond acceptors (Lipinski definition) is 2. The van der Waals surface area contributed by atoms with Gasteiger partial charge in [0, 0.05) is 28.9 Å². The van der Waals surface area contributed by atoms with Crippen LogP contribution in [0.5, 0.6) is 0 Å². The number of nitrogens with zero attached hydrogens (tertiary/aromatic N) is 2. The van der Waals surface area contributed by atoms with Crippen LogP contribution in [0.1, 0.15) is 85.8 Å². The number of allylic oxidation sites excluding steroid dienone is 3. The summed E-state index contributed by atoms with van der Waals surface area (Å²) >= 11 is 0. The summed E-state index contributed by atoms with van der Waals surface area (Å²) in [6, 6.07) is 45.4. The Bertz CT molecular complexity index is 2740. The number of fused-ring (bicyclic) bond motifs is 8. The van der Waals surface area contributed by atoms with E-state index in [0.717, 1.165) is 43.6 Å². The van der Waals surface area contributed by atoms with Crippen LogP contribution in [-0.2, 0) is 0 Å². The Hall–Kier alpha value is -5.73.